The second-order valence-corrected chi connectivity index (χ2v) is 5.36. The van der Waals surface area contributed by atoms with E-state index in [0.29, 0.717) is 29.7 Å². The van der Waals surface area contributed by atoms with E-state index < -0.39 is 5.82 Å². The van der Waals surface area contributed by atoms with Crippen LogP contribution >= 0.6 is 0 Å². The Morgan fingerprint density at radius 3 is 3.05 bits per heavy atom. The quantitative estimate of drug-likeness (QED) is 0.906. The van der Waals surface area contributed by atoms with Crippen molar-refractivity contribution in [3.05, 3.63) is 29.9 Å². The zero-order chi connectivity index (χ0) is 14.7. The van der Waals surface area contributed by atoms with Crippen LogP contribution in [0.15, 0.2) is 22.7 Å². The number of nitrogens with zero attached hydrogens (tertiary/aromatic N) is 2. The standard InChI is InChI=1S/C15H18FN3O2/c16-12-9-10(4-6-13(12)20)15-18-14(21-19-15)7-5-11-3-1-2-8-17-11/h4,6,9,11,17,20H,1-3,5,7-8H2. The van der Waals surface area contributed by atoms with Crippen molar-refractivity contribution in [2.75, 3.05) is 6.54 Å². The minimum absolute atomic E-state index is 0.348. The first-order valence-corrected chi connectivity index (χ1v) is 7.27. The van der Waals surface area contributed by atoms with Crippen LogP contribution in [0.5, 0.6) is 5.75 Å². The minimum Gasteiger partial charge on any atom is -0.505 e. The molecule has 3 rings (SSSR count). The first-order chi connectivity index (χ1) is 10.2. The van der Waals surface area contributed by atoms with Gasteiger partial charge in [0.1, 0.15) is 0 Å². The van der Waals surface area contributed by atoms with Gasteiger partial charge in [-0.05, 0) is 44.0 Å². The van der Waals surface area contributed by atoms with Gasteiger partial charge in [-0.1, -0.05) is 11.6 Å². The normalized spacial score (nSPS) is 18.8. The van der Waals surface area contributed by atoms with Gasteiger partial charge in [0.2, 0.25) is 11.7 Å². The van der Waals surface area contributed by atoms with Gasteiger partial charge >= 0.3 is 0 Å². The first kappa shape index (κ1) is 14.0. The maximum Gasteiger partial charge on any atom is 0.227 e. The Bertz CT molecular complexity index is 609. The number of aryl methyl sites for hydroxylation is 1. The average molecular weight is 291 g/mol. The van der Waals surface area contributed by atoms with Crippen LogP contribution in [-0.4, -0.2) is 27.8 Å². The van der Waals surface area contributed by atoms with E-state index in [0.717, 1.165) is 13.0 Å². The summed E-state index contributed by atoms with van der Waals surface area (Å²) < 4.78 is 18.5. The van der Waals surface area contributed by atoms with Crippen LogP contribution in [-0.2, 0) is 6.42 Å². The monoisotopic (exact) mass is 291 g/mol. The lowest BCUT2D eigenvalue weighted by atomic mass is 10.0. The molecule has 0 spiro atoms. The molecule has 1 unspecified atom stereocenters. The molecule has 5 nitrogen and oxygen atoms in total. The maximum atomic E-state index is 13.3. The summed E-state index contributed by atoms with van der Waals surface area (Å²) in [6.45, 7) is 1.08. The summed E-state index contributed by atoms with van der Waals surface area (Å²) in [5, 5.41) is 16.5. The molecule has 0 aliphatic carbocycles. The fraction of sp³-hybridized carbons (Fsp3) is 0.467. The molecule has 1 aromatic heterocycles. The molecule has 1 aliphatic heterocycles. The van der Waals surface area contributed by atoms with E-state index in [1.54, 1.807) is 6.07 Å². The molecule has 1 saturated heterocycles. The fourth-order valence-electron chi connectivity index (χ4n) is 2.59. The van der Waals surface area contributed by atoms with Crippen molar-refractivity contribution < 1.29 is 14.0 Å². The maximum absolute atomic E-state index is 13.3. The van der Waals surface area contributed by atoms with E-state index >= 15 is 0 Å². The molecule has 2 aromatic rings. The van der Waals surface area contributed by atoms with Crippen LogP contribution in [0, 0.1) is 5.82 Å². The van der Waals surface area contributed by atoms with Crippen molar-refractivity contribution in [1.29, 1.82) is 0 Å². The molecule has 2 N–H and O–H groups in total. The number of aromatic hydroxyl groups is 1. The third kappa shape index (κ3) is 3.39. The topological polar surface area (TPSA) is 71.2 Å². The third-order valence-electron chi connectivity index (χ3n) is 3.79. The Kier molecular flexibility index (Phi) is 4.15. The average Bonchev–Trinajstić information content (AvgIpc) is 2.98. The van der Waals surface area contributed by atoms with Crippen molar-refractivity contribution in [1.82, 2.24) is 15.5 Å². The summed E-state index contributed by atoms with van der Waals surface area (Å²) in [6.07, 6.45) is 5.37. The molecule has 1 aliphatic rings. The van der Waals surface area contributed by atoms with Gasteiger partial charge in [-0.15, -0.1) is 0 Å². The summed E-state index contributed by atoms with van der Waals surface area (Å²) in [4.78, 5) is 4.28. The van der Waals surface area contributed by atoms with Crippen LogP contribution < -0.4 is 5.32 Å². The van der Waals surface area contributed by atoms with Crippen LogP contribution in [0.25, 0.3) is 11.4 Å². The van der Waals surface area contributed by atoms with E-state index in [1.807, 2.05) is 0 Å². The van der Waals surface area contributed by atoms with Crippen LogP contribution in [0.1, 0.15) is 31.6 Å². The highest BCUT2D eigenvalue weighted by Gasteiger charge is 2.15. The van der Waals surface area contributed by atoms with Gasteiger partial charge in [-0.2, -0.15) is 4.98 Å². The van der Waals surface area contributed by atoms with Crippen molar-refractivity contribution in [2.45, 2.75) is 38.1 Å². The van der Waals surface area contributed by atoms with Crippen molar-refractivity contribution >= 4 is 0 Å². The number of rotatable bonds is 4. The first-order valence-electron chi connectivity index (χ1n) is 7.27. The fourth-order valence-corrected chi connectivity index (χ4v) is 2.59. The Balaban J connectivity index is 1.63. The van der Waals surface area contributed by atoms with Crippen LogP contribution in [0.4, 0.5) is 4.39 Å². The molecule has 2 heterocycles. The van der Waals surface area contributed by atoms with E-state index in [4.69, 9.17) is 4.52 Å². The van der Waals surface area contributed by atoms with Crippen molar-refractivity contribution in [2.24, 2.45) is 0 Å². The molecule has 1 fully saturated rings. The van der Waals surface area contributed by atoms with Gasteiger partial charge < -0.3 is 14.9 Å². The van der Waals surface area contributed by atoms with Crippen molar-refractivity contribution in [3.8, 4) is 17.1 Å². The highest BCUT2D eigenvalue weighted by molar-refractivity contribution is 5.55. The van der Waals surface area contributed by atoms with Gasteiger partial charge in [0, 0.05) is 18.0 Å². The molecular formula is C15H18FN3O2. The molecule has 6 heteroatoms. The zero-order valence-corrected chi connectivity index (χ0v) is 11.7. The Morgan fingerprint density at radius 1 is 1.38 bits per heavy atom. The van der Waals surface area contributed by atoms with E-state index in [-0.39, 0.29) is 5.75 Å². The highest BCUT2D eigenvalue weighted by Crippen LogP contribution is 2.23. The second kappa shape index (κ2) is 6.22. The number of hydrogen-bond acceptors (Lipinski definition) is 5. The van der Waals surface area contributed by atoms with Crippen LogP contribution in [0.2, 0.25) is 0 Å². The molecule has 112 valence electrons. The van der Waals surface area contributed by atoms with Gasteiger partial charge in [-0.3, -0.25) is 0 Å². The molecule has 0 bridgehead atoms. The molecular weight excluding hydrogens is 273 g/mol. The molecule has 0 saturated carbocycles. The van der Waals surface area contributed by atoms with E-state index in [9.17, 15) is 9.50 Å². The number of phenols is 1. The largest absolute Gasteiger partial charge is 0.505 e. The number of hydrogen-bond donors (Lipinski definition) is 2. The van der Waals surface area contributed by atoms with E-state index in [1.165, 1.54) is 31.4 Å². The predicted molar refractivity (Wildman–Crippen MR) is 75.3 cm³/mol. The lowest BCUT2D eigenvalue weighted by molar-refractivity contribution is 0.342. The number of halogens is 1. The SMILES string of the molecule is Oc1ccc(-c2noc(CCC3CCCCN3)n2)cc1F. The summed E-state index contributed by atoms with van der Waals surface area (Å²) in [7, 11) is 0. The Hall–Kier alpha value is -1.95. The number of nitrogens with one attached hydrogen (secondary N) is 1. The highest BCUT2D eigenvalue weighted by atomic mass is 19.1. The molecule has 21 heavy (non-hydrogen) atoms. The third-order valence-corrected chi connectivity index (χ3v) is 3.79. The molecule has 0 radical (unpaired) electrons. The number of aromatic nitrogens is 2. The van der Waals surface area contributed by atoms with Crippen molar-refractivity contribution in [3.63, 3.8) is 0 Å². The zero-order valence-electron chi connectivity index (χ0n) is 11.7. The van der Waals surface area contributed by atoms with Gasteiger partial charge in [0.15, 0.2) is 11.6 Å². The van der Waals surface area contributed by atoms with E-state index in [2.05, 4.69) is 15.5 Å². The lowest BCUT2D eigenvalue weighted by Gasteiger charge is -2.22. The molecule has 0 amide bonds. The number of piperidine rings is 1. The second-order valence-electron chi connectivity index (χ2n) is 5.36. The van der Waals surface area contributed by atoms with Gasteiger partial charge in [-0.25, -0.2) is 4.39 Å². The van der Waals surface area contributed by atoms with Gasteiger partial charge in [0.25, 0.3) is 0 Å². The lowest BCUT2D eigenvalue weighted by Crippen LogP contribution is -2.34. The Labute approximate surface area is 122 Å². The number of phenolic OH excluding ortho intramolecular Hbond substituents is 1. The summed E-state index contributed by atoms with van der Waals surface area (Å²) in [6, 6.07) is 4.56. The van der Waals surface area contributed by atoms with Crippen LogP contribution in [0.3, 0.4) is 0 Å². The summed E-state index contributed by atoms with van der Waals surface area (Å²) >= 11 is 0. The summed E-state index contributed by atoms with van der Waals surface area (Å²) in [5.41, 5.74) is 0.496. The molecule has 1 aromatic carbocycles. The Morgan fingerprint density at radius 2 is 2.29 bits per heavy atom. The predicted octanol–water partition coefficient (Wildman–Crippen LogP) is 2.66. The minimum atomic E-state index is -0.690. The number of benzene rings is 1. The van der Waals surface area contributed by atoms with Gasteiger partial charge in [0.05, 0.1) is 0 Å². The molecule has 1 atom stereocenters. The summed E-state index contributed by atoms with van der Waals surface area (Å²) in [5.74, 6) is -0.164. The smallest absolute Gasteiger partial charge is 0.227 e.